The van der Waals surface area contributed by atoms with Gasteiger partial charge in [0.25, 0.3) is 0 Å². The molecule has 4 heteroatoms. The van der Waals surface area contributed by atoms with Crippen LogP contribution >= 0.6 is 23.8 Å². The fourth-order valence-corrected chi connectivity index (χ4v) is 2.75. The summed E-state index contributed by atoms with van der Waals surface area (Å²) in [5.41, 5.74) is 2.02. The number of thiocarbonyl (C=S) groups is 1. The summed E-state index contributed by atoms with van der Waals surface area (Å²) in [4.78, 5) is 2.28. The van der Waals surface area contributed by atoms with Crippen molar-refractivity contribution >= 4 is 34.6 Å². The number of benzene rings is 1. The lowest BCUT2D eigenvalue weighted by atomic mass is 10.1. The van der Waals surface area contributed by atoms with Crippen molar-refractivity contribution in [3.05, 3.63) is 28.8 Å². The van der Waals surface area contributed by atoms with E-state index in [2.05, 4.69) is 37.9 Å². The van der Waals surface area contributed by atoms with E-state index in [1.54, 1.807) is 0 Å². The summed E-state index contributed by atoms with van der Waals surface area (Å²) >= 11 is 11.8. The predicted molar refractivity (Wildman–Crippen MR) is 93.8 cm³/mol. The largest absolute Gasteiger partial charge is 0.344 e. The number of halogens is 1. The molecule has 1 N–H and O–H groups in total. The van der Waals surface area contributed by atoms with Crippen LogP contribution in [0.1, 0.15) is 46.1 Å². The van der Waals surface area contributed by atoms with Gasteiger partial charge in [0.2, 0.25) is 0 Å². The van der Waals surface area contributed by atoms with Crippen molar-refractivity contribution in [2.24, 2.45) is 0 Å². The summed E-state index contributed by atoms with van der Waals surface area (Å²) in [6, 6.07) is 6.79. The van der Waals surface area contributed by atoms with Crippen molar-refractivity contribution in [1.82, 2.24) is 4.90 Å². The monoisotopic (exact) mass is 312 g/mol. The highest BCUT2D eigenvalue weighted by molar-refractivity contribution is 7.80. The van der Waals surface area contributed by atoms with E-state index in [0.717, 1.165) is 34.2 Å². The third-order valence-electron chi connectivity index (χ3n) is 3.79. The summed E-state index contributed by atoms with van der Waals surface area (Å²) in [7, 11) is 0. The number of hydrogen-bond donors (Lipinski definition) is 1. The third kappa shape index (κ3) is 4.35. The molecule has 0 spiro atoms. The van der Waals surface area contributed by atoms with Gasteiger partial charge >= 0.3 is 0 Å². The first-order valence-corrected chi connectivity index (χ1v) is 8.04. The van der Waals surface area contributed by atoms with E-state index in [1.807, 2.05) is 25.1 Å². The van der Waals surface area contributed by atoms with E-state index < -0.39 is 0 Å². The molecule has 1 aromatic rings. The first-order chi connectivity index (χ1) is 9.40. The standard InChI is InChI=1S/C16H25ClN2S/c1-6-12(4)19(13(5)7-2)16(20)18-14-9-8-11(3)15(17)10-14/h8-10,12-13H,6-7H2,1-5H3,(H,18,20). The van der Waals surface area contributed by atoms with E-state index in [0.29, 0.717) is 12.1 Å². The number of aryl methyl sites for hydroxylation is 1. The second-order valence-electron chi connectivity index (χ2n) is 5.32. The maximum absolute atomic E-state index is 6.16. The molecule has 0 heterocycles. The van der Waals surface area contributed by atoms with Crippen molar-refractivity contribution in [3.63, 3.8) is 0 Å². The molecule has 2 unspecified atom stereocenters. The molecule has 0 saturated carbocycles. The lowest BCUT2D eigenvalue weighted by molar-refractivity contribution is 0.254. The first kappa shape index (κ1) is 17.3. The van der Waals surface area contributed by atoms with Crippen molar-refractivity contribution in [1.29, 1.82) is 0 Å². The molecule has 1 aromatic carbocycles. The van der Waals surface area contributed by atoms with Gasteiger partial charge in [-0.15, -0.1) is 0 Å². The van der Waals surface area contributed by atoms with E-state index in [4.69, 9.17) is 23.8 Å². The Labute approximate surface area is 133 Å². The number of nitrogens with one attached hydrogen (secondary N) is 1. The van der Waals surface area contributed by atoms with Crippen LogP contribution in [0.2, 0.25) is 5.02 Å². The molecule has 2 atom stereocenters. The molecule has 0 aromatic heterocycles. The minimum Gasteiger partial charge on any atom is -0.344 e. The van der Waals surface area contributed by atoms with Crippen molar-refractivity contribution in [2.45, 2.75) is 59.5 Å². The van der Waals surface area contributed by atoms with Gasteiger partial charge in [0.15, 0.2) is 5.11 Å². The Bertz CT molecular complexity index is 452. The number of rotatable bonds is 5. The Morgan fingerprint density at radius 2 is 1.80 bits per heavy atom. The fraction of sp³-hybridized carbons (Fsp3) is 0.562. The van der Waals surface area contributed by atoms with Crippen LogP contribution < -0.4 is 5.32 Å². The summed E-state index contributed by atoms with van der Waals surface area (Å²) in [5, 5.41) is 4.85. The summed E-state index contributed by atoms with van der Waals surface area (Å²) < 4.78 is 0. The van der Waals surface area contributed by atoms with Crippen LogP contribution in [0.15, 0.2) is 18.2 Å². The highest BCUT2D eigenvalue weighted by atomic mass is 35.5. The van der Waals surface area contributed by atoms with Crippen LogP contribution in [0.25, 0.3) is 0 Å². The third-order valence-corrected chi connectivity index (χ3v) is 4.51. The van der Waals surface area contributed by atoms with Crippen LogP contribution in [0.5, 0.6) is 0 Å². The van der Waals surface area contributed by atoms with Gasteiger partial charge in [-0.05, 0) is 63.5 Å². The van der Waals surface area contributed by atoms with Gasteiger partial charge in [-0.3, -0.25) is 0 Å². The summed E-state index contributed by atoms with van der Waals surface area (Å²) in [5.74, 6) is 0. The maximum atomic E-state index is 6.16. The Morgan fingerprint density at radius 3 is 2.25 bits per heavy atom. The minimum atomic E-state index is 0.422. The quantitative estimate of drug-likeness (QED) is 0.748. The first-order valence-electron chi connectivity index (χ1n) is 7.26. The molecule has 0 saturated heterocycles. The molecule has 0 aliphatic heterocycles. The molecular weight excluding hydrogens is 288 g/mol. The lowest BCUT2D eigenvalue weighted by Gasteiger charge is -2.36. The molecule has 1 rings (SSSR count). The molecule has 112 valence electrons. The van der Waals surface area contributed by atoms with Gasteiger partial charge < -0.3 is 10.2 Å². The van der Waals surface area contributed by atoms with Gasteiger partial charge in [0.1, 0.15) is 0 Å². The zero-order valence-electron chi connectivity index (χ0n) is 13.0. The van der Waals surface area contributed by atoms with Crippen LogP contribution in [0, 0.1) is 6.92 Å². The summed E-state index contributed by atoms with van der Waals surface area (Å²) in [6.07, 6.45) is 2.14. The normalized spacial score (nSPS) is 13.7. The Balaban J connectivity index is 2.87. The van der Waals surface area contributed by atoms with E-state index in [9.17, 15) is 0 Å². The fourth-order valence-electron chi connectivity index (χ4n) is 2.09. The van der Waals surface area contributed by atoms with E-state index in [-0.39, 0.29) is 0 Å². The molecular formula is C16H25ClN2S. The Hall–Kier alpha value is -0.800. The van der Waals surface area contributed by atoms with Gasteiger partial charge in [0, 0.05) is 22.8 Å². The number of hydrogen-bond acceptors (Lipinski definition) is 1. The highest BCUT2D eigenvalue weighted by Crippen LogP contribution is 2.21. The van der Waals surface area contributed by atoms with Gasteiger partial charge in [0.05, 0.1) is 0 Å². The predicted octanol–water partition coefficient (Wildman–Crippen LogP) is 5.24. The minimum absolute atomic E-state index is 0.422. The molecule has 0 amide bonds. The average Bonchev–Trinajstić information content (AvgIpc) is 2.42. The van der Waals surface area contributed by atoms with Crippen LogP contribution in [-0.4, -0.2) is 22.1 Å². The zero-order valence-corrected chi connectivity index (χ0v) is 14.6. The Kier molecular flexibility index (Phi) is 6.77. The summed E-state index contributed by atoms with van der Waals surface area (Å²) in [6.45, 7) is 10.8. The molecule has 0 aliphatic carbocycles. The van der Waals surface area contributed by atoms with E-state index in [1.165, 1.54) is 0 Å². The van der Waals surface area contributed by atoms with Gasteiger partial charge in [-0.1, -0.05) is 31.5 Å². The van der Waals surface area contributed by atoms with Crippen LogP contribution in [0.3, 0.4) is 0 Å². The van der Waals surface area contributed by atoms with Crippen molar-refractivity contribution in [3.8, 4) is 0 Å². The van der Waals surface area contributed by atoms with E-state index >= 15 is 0 Å². The van der Waals surface area contributed by atoms with Crippen molar-refractivity contribution in [2.75, 3.05) is 5.32 Å². The topological polar surface area (TPSA) is 15.3 Å². The maximum Gasteiger partial charge on any atom is 0.173 e. The van der Waals surface area contributed by atoms with Crippen LogP contribution in [-0.2, 0) is 0 Å². The molecule has 0 radical (unpaired) electrons. The zero-order chi connectivity index (χ0) is 15.3. The molecule has 20 heavy (non-hydrogen) atoms. The molecule has 2 nitrogen and oxygen atoms in total. The second-order valence-corrected chi connectivity index (χ2v) is 6.11. The van der Waals surface area contributed by atoms with Gasteiger partial charge in [-0.2, -0.15) is 0 Å². The lowest BCUT2D eigenvalue weighted by Crippen LogP contribution is -2.46. The second kappa shape index (κ2) is 7.84. The molecule has 0 aliphatic rings. The number of anilines is 1. The highest BCUT2D eigenvalue weighted by Gasteiger charge is 2.20. The SMILES string of the molecule is CCC(C)N(C(=S)Nc1ccc(C)c(Cl)c1)C(C)CC. The van der Waals surface area contributed by atoms with Crippen LogP contribution in [0.4, 0.5) is 5.69 Å². The average molecular weight is 313 g/mol. The smallest absolute Gasteiger partial charge is 0.173 e. The Morgan fingerprint density at radius 1 is 1.25 bits per heavy atom. The molecule has 0 bridgehead atoms. The molecule has 0 fully saturated rings. The van der Waals surface area contributed by atoms with Crippen molar-refractivity contribution < 1.29 is 0 Å². The van der Waals surface area contributed by atoms with Gasteiger partial charge in [-0.25, -0.2) is 0 Å². The number of nitrogens with zero attached hydrogens (tertiary/aromatic N) is 1.